The Kier molecular flexibility index (Phi) is 4.46. The lowest BCUT2D eigenvalue weighted by molar-refractivity contribution is 0.298. The van der Waals surface area contributed by atoms with Crippen molar-refractivity contribution in [3.63, 3.8) is 0 Å². The topological polar surface area (TPSA) is 28.4 Å². The zero-order chi connectivity index (χ0) is 13.1. The SMILES string of the molecule is Cc1oc(C)c(CNC(C)CN2CCCC2)c1C. The Balaban J connectivity index is 1.83. The van der Waals surface area contributed by atoms with Gasteiger partial charge in [-0.05, 0) is 59.2 Å². The second-order valence-electron chi connectivity index (χ2n) is 5.61. The summed E-state index contributed by atoms with van der Waals surface area (Å²) in [5.74, 6) is 2.11. The fraction of sp³-hybridized carbons (Fsp3) is 0.733. The minimum absolute atomic E-state index is 0.539. The van der Waals surface area contributed by atoms with Gasteiger partial charge in [0.2, 0.25) is 0 Å². The summed E-state index contributed by atoms with van der Waals surface area (Å²) in [7, 11) is 0. The first-order valence-corrected chi connectivity index (χ1v) is 7.09. The lowest BCUT2D eigenvalue weighted by Gasteiger charge is -2.21. The third kappa shape index (κ3) is 3.15. The van der Waals surface area contributed by atoms with Crippen LogP contribution in [0.25, 0.3) is 0 Å². The molecule has 1 fully saturated rings. The van der Waals surface area contributed by atoms with E-state index in [2.05, 4.69) is 31.0 Å². The third-order valence-corrected chi connectivity index (χ3v) is 4.07. The van der Waals surface area contributed by atoms with E-state index in [1.54, 1.807) is 0 Å². The van der Waals surface area contributed by atoms with Crippen LogP contribution in [0, 0.1) is 20.8 Å². The van der Waals surface area contributed by atoms with E-state index in [9.17, 15) is 0 Å². The van der Waals surface area contributed by atoms with Crippen molar-refractivity contribution in [2.75, 3.05) is 19.6 Å². The Bertz CT molecular complexity index is 391. The molecule has 0 amide bonds. The number of nitrogens with one attached hydrogen (secondary N) is 1. The van der Waals surface area contributed by atoms with Crippen LogP contribution >= 0.6 is 0 Å². The van der Waals surface area contributed by atoms with E-state index in [0.29, 0.717) is 6.04 Å². The Labute approximate surface area is 111 Å². The zero-order valence-electron chi connectivity index (χ0n) is 12.2. The van der Waals surface area contributed by atoms with Gasteiger partial charge in [-0.25, -0.2) is 0 Å². The average Bonchev–Trinajstić information content (AvgIpc) is 2.88. The first-order valence-electron chi connectivity index (χ1n) is 7.09. The minimum Gasteiger partial charge on any atom is -0.466 e. The van der Waals surface area contributed by atoms with E-state index in [0.717, 1.165) is 24.6 Å². The smallest absolute Gasteiger partial charge is 0.105 e. The van der Waals surface area contributed by atoms with Gasteiger partial charge in [0, 0.05) is 24.7 Å². The van der Waals surface area contributed by atoms with Crippen molar-refractivity contribution in [1.29, 1.82) is 0 Å². The molecule has 102 valence electrons. The van der Waals surface area contributed by atoms with Crippen LogP contribution in [0.15, 0.2) is 4.42 Å². The van der Waals surface area contributed by atoms with E-state index in [4.69, 9.17) is 4.42 Å². The van der Waals surface area contributed by atoms with Crippen LogP contribution in [0.4, 0.5) is 0 Å². The van der Waals surface area contributed by atoms with Crippen molar-refractivity contribution in [2.45, 2.75) is 53.1 Å². The van der Waals surface area contributed by atoms with E-state index in [1.807, 2.05) is 6.92 Å². The monoisotopic (exact) mass is 250 g/mol. The highest BCUT2D eigenvalue weighted by molar-refractivity contribution is 5.31. The molecular formula is C15H26N2O. The molecule has 3 nitrogen and oxygen atoms in total. The van der Waals surface area contributed by atoms with Gasteiger partial charge in [-0.3, -0.25) is 0 Å². The summed E-state index contributed by atoms with van der Waals surface area (Å²) in [5.41, 5.74) is 2.63. The summed E-state index contributed by atoms with van der Waals surface area (Å²) in [4.78, 5) is 2.55. The summed E-state index contributed by atoms with van der Waals surface area (Å²) < 4.78 is 5.66. The van der Waals surface area contributed by atoms with Crippen LogP contribution in [-0.4, -0.2) is 30.6 Å². The molecule has 2 heterocycles. The first kappa shape index (κ1) is 13.6. The van der Waals surface area contributed by atoms with Gasteiger partial charge in [-0.1, -0.05) is 0 Å². The van der Waals surface area contributed by atoms with E-state index in [-0.39, 0.29) is 0 Å². The molecular weight excluding hydrogens is 224 g/mol. The van der Waals surface area contributed by atoms with Gasteiger partial charge in [-0.15, -0.1) is 0 Å². The number of hydrogen-bond acceptors (Lipinski definition) is 3. The van der Waals surface area contributed by atoms with Gasteiger partial charge in [0.1, 0.15) is 11.5 Å². The number of hydrogen-bond donors (Lipinski definition) is 1. The molecule has 0 radical (unpaired) electrons. The molecule has 1 aliphatic heterocycles. The third-order valence-electron chi connectivity index (χ3n) is 4.07. The summed E-state index contributed by atoms with van der Waals surface area (Å²) in [5, 5.41) is 3.62. The molecule has 1 aromatic rings. The number of likely N-dealkylation sites (tertiary alicyclic amines) is 1. The van der Waals surface area contributed by atoms with Gasteiger partial charge in [0.15, 0.2) is 0 Å². The molecule has 0 saturated carbocycles. The van der Waals surface area contributed by atoms with Crippen LogP contribution in [-0.2, 0) is 6.54 Å². The fourth-order valence-corrected chi connectivity index (χ4v) is 2.79. The van der Waals surface area contributed by atoms with Gasteiger partial charge in [0.25, 0.3) is 0 Å². The summed E-state index contributed by atoms with van der Waals surface area (Å²) in [6.07, 6.45) is 2.73. The van der Waals surface area contributed by atoms with E-state index in [1.165, 1.54) is 37.1 Å². The van der Waals surface area contributed by atoms with Crippen molar-refractivity contribution in [3.8, 4) is 0 Å². The van der Waals surface area contributed by atoms with Crippen molar-refractivity contribution >= 4 is 0 Å². The minimum atomic E-state index is 0.539. The lowest BCUT2D eigenvalue weighted by atomic mass is 10.1. The van der Waals surface area contributed by atoms with Crippen molar-refractivity contribution in [2.24, 2.45) is 0 Å². The molecule has 3 heteroatoms. The fourth-order valence-electron chi connectivity index (χ4n) is 2.79. The number of aryl methyl sites for hydroxylation is 2. The summed E-state index contributed by atoms with van der Waals surface area (Å²) >= 11 is 0. The normalized spacial score (nSPS) is 18.4. The Hall–Kier alpha value is -0.800. The summed E-state index contributed by atoms with van der Waals surface area (Å²) in [6, 6.07) is 0.539. The number of furan rings is 1. The molecule has 1 atom stereocenters. The molecule has 0 aliphatic carbocycles. The van der Waals surface area contributed by atoms with Crippen LogP contribution in [0.2, 0.25) is 0 Å². The largest absolute Gasteiger partial charge is 0.466 e. The first-order chi connectivity index (χ1) is 8.58. The molecule has 1 N–H and O–H groups in total. The maximum absolute atomic E-state index is 5.66. The van der Waals surface area contributed by atoms with Gasteiger partial charge in [0.05, 0.1) is 0 Å². The predicted octanol–water partition coefficient (Wildman–Crippen LogP) is 2.78. The molecule has 0 bridgehead atoms. The highest BCUT2D eigenvalue weighted by atomic mass is 16.3. The molecule has 1 saturated heterocycles. The van der Waals surface area contributed by atoms with Crippen LogP contribution in [0.3, 0.4) is 0 Å². The second-order valence-corrected chi connectivity index (χ2v) is 5.61. The molecule has 1 aliphatic rings. The Morgan fingerprint density at radius 2 is 1.83 bits per heavy atom. The molecule has 1 unspecified atom stereocenters. The van der Waals surface area contributed by atoms with Gasteiger partial charge in [-0.2, -0.15) is 0 Å². The maximum atomic E-state index is 5.66. The molecule has 2 rings (SSSR count). The maximum Gasteiger partial charge on any atom is 0.105 e. The van der Waals surface area contributed by atoms with Crippen LogP contribution in [0.5, 0.6) is 0 Å². The van der Waals surface area contributed by atoms with Crippen molar-refractivity contribution in [1.82, 2.24) is 10.2 Å². The molecule has 1 aromatic heterocycles. The number of nitrogens with zero attached hydrogens (tertiary/aromatic N) is 1. The molecule has 18 heavy (non-hydrogen) atoms. The highest BCUT2D eigenvalue weighted by Gasteiger charge is 2.16. The predicted molar refractivity (Wildman–Crippen MR) is 74.9 cm³/mol. The van der Waals surface area contributed by atoms with E-state index >= 15 is 0 Å². The Morgan fingerprint density at radius 3 is 2.39 bits per heavy atom. The lowest BCUT2D eigenvalue weighted by Crippen LogP contribution is -2.37. The van der Waals surface area contributed by atoms with E-state index < -0.39 is 0 Å². The van der Waals surface area contributed by atoms with Crippen molar-refractivity contribution < 1.29 is 4.42 Å². The second kappa shape index (κ2) is 5.89. The van der Waals surface area contributed by atoms with Gasteiger partial charge < -0.3 is 14.6 Å². The van der Waals surface area contributed by atoms with Crippen molar-refractivity contribution in [3.05, 3.63) is 22.6 Å². The number of rotatable bonds is 5. The highest BCUT2D eigenvalue weighted by Crippen LogP contribution is 2.20. The zero-order valence-corrected chi connectivity index (χ0v) is 12.2. The molecule has 0 spiro atoms. The molecule has 0 aromatic carbocycles. The average molecular weight is 250 g/mol. The van der Waals surface area contributed by atoms with Crippen LogP contribution < -0.4 is 5.32 Å². The standard InChI is InChI=1S/C15H26N2O/c1-11(10-17-7-5-6-8-17)16-9-15-12(2)13(3)18-14(15)4/h11,16H,5-10H2,1-4H3. The quantitative estimate of drug-likeness (QED) is 0.871. The van der Waals surface area contributed by atoms with Crippen LogP contribution in [0.1, 0.15) is 42.4 Å². The Morgan fingerprint density at radius 1 is 1.17 bits per heavy atom. The van der Waals surface area contributed by atoms with Gasteiger partial charge >= 0.3 is 0 Å². The summed E-state index contributed by atoms with van der Waals surface area (Å²) in [6.45, 7) is 13.1.